The van der Waals surface area contributed by atoms with E-state index in [0.29, 0.717) is 5.56 Å². The van der Waals surface area contributed by atoms with Crippen LogP contribution in [-0.2, 0) is 14.3 Å². The lowest BCUT2D eigenvalue weighted by atomic mass is 9.77. The van der Waals surface area contributed by atoms with Crippen LogP contribution >= 0.6 is 39.1 Å². The average molecular weight is 571 g/mol. The first-order valence-corrected chi connectivity index (χ1v) is 12.3. The second kappa shape index (κ2) is 7.83. The van der Waals surface area contributed by atoms with Crippen molar-refractivity contribution in [3.63, 3.8) is 0 Å². The molecule has 2 amide bonds. The van der Waals surface area contributed by atoms with E-state index in [2.05, 4.69) is 15.9 Å². The van der Waals surface area contributed by atoms with Crippen LogP contribution in [0, 0.1) is 11.8 Å². The molecule has 2 fully saturated rings. The molecule has 6 nitrogen and oxygen atoms in total. The molecule has 3 atom stereocenters. The number of carbonyl (C=O) groups is 4. The molecule has 3 aromatic rings. The number of anilines is 1. The molecule has 0 radical (unpaired) electrons. The molecule has 35 heavy (non-hydrogen) atoms. The molecule has 9 heteroatoms. The highest BCUT2D eigenvalue weighted by molar-refractivity contribution is 9.10. The van der Waals surface area contributed by atoms with E-state index >= 15 is 0 Å². The summed E-state index contributed by atoms with van der Waals surface area (Å²) in [7, 11) is 0. The van der Waals surface area contributed by atoms with Gasteiger partial charge in [-0.2, -0.15) is 0 Å². The van der Waals surface area contributed by atoms with Crippen molar-refractivity contribution in [2.45, 2.75) is 11.7 Å². The maximum Gasteiger partial charge on any atom is 0.241 e. The van der Waals surface area contributed by atoms with Crippen LogP contribution in [0.4, 0.5) is 5.69 Å². The lowest BCUT2D eigenvalue weighted by Crippen LogP contribution is -2.51. The summed E-state index contributed by atoms with van der Waals surface area (Å²) in [5, 5.41) is 0.426. The van der Waals surface area contributed by atoms with E-state index in [1.807, 2.05) is 0 Å². The number of imide groups is 1. The minimum absolute atomic E-state index is 0.164. The van der Waals surface area contributed by atoms with Gasteiger partial charge >= 0.3 is 0 Å². The fraction of sp³-hybridized carbons (Fsp3) is 0.154. The number of hydrogen-bond donors (Lipinski definition) is 0. The molecule has 2 heterocycles. The van der Waals surface area contributed by atoms with Gasteiger partial charge in [-0.15, -0.1) is 0 Å². The molecule has 0 saturated carbocycles. The van der Waals surface area contributed by atoms with Gasteiger partial charge in [-0.05, 0) is 35.9 Å². The van der Waals surface area contributed by atoms with Gasteiger partial charge in [0, 0.05) is 15.6 Å². The molecular weight excluding hydrogens is 557 g/mol. The fourth-order valence-electron chi connectivity index (χ4n) is 5.38. The highest BCUT2D eigenvalue weighted by atomic mass is 79.9. The van der Waals surface area contributed by atoms with Gasteiger partial charge in [0.1, 0.15) is 0 Å². The molecule has 1 aliphatic carbocycles. The number of carbonyl (C=O) groups excluding carboxylic acids is 4. The Labute approximate surface area is 217 Å². The maximum atomic E-state index is 13.9. The Morgan fingerprint density at radius 1 is 0.800 bits per heavy atom. The van der Waals surface area contributed by atoms with Crippen molar-refractivity contribution in [1.29, 1.82) is 0 Å². The van der Waals surface area contributed by atoms with E-state index in [1.165, 1.54) is 30.3 Å². The summed E-state index contributed by atoms with van der Waals surface area (Å²) in [6.45, 7) is 0. The highest BCUT2D eigenvalue weighted by Gasteiger charge is 2.74. The number of nitrogens with zero attached hydrogens (tertiary/aromatic N) is 1. The number of rotatable bonds is 2. The molecule has 174 valence electrons. The Morgan fingerprint density at radius 3 is 2.11 bits per heavy atom. The van der Waals surface area contributed by atoms with E-state index in [4.69, 9.17) is 27.9 Å². The van der Waals surface area contributed by atoms with Gasteiger partial charge in [0.2, 0.25) is 29.0 Å². The van der Waals surface area contributed by atoms with Gasteiger partial charge in [0.15, 0.2) is 0 Å². The zero-order chi connectivity index (χ0) is 24.6. The molecular formula is C26H14BrCl2NO5. The van der Waals surface area contributed by atoms with Gasteiger partial charge in [-0.1, -0.05) is 75.5 Å². The van der Waals surface area contributed by atoms with Gasteiger partial charge in [-0.25, -0.2) is 4.90 Å². The third-order valence-corrected chi connectivity index (χ3v) is 8.09. The number of ketones is 2. The smallest absolute Gasteiger partial charge is 0.241 e. The number of Topliss-reactive ketones (excluding diaryl/α,β-unsaturated/α-hetero) is 2. The first-order valence-electron chi connectivity index (χ1n) is 10.7. The first-order chi connectivity index (χ1) is 16.8. The Kier molecular flexibility index (Phi) is 5.06. The predicted octanol–water partition coefficient (Wildman–Crippen LogP) is 5.45. The predicted molar refractivity (Wildman–Crippen MR) is 132 cm³/mol. The van der Waals surface area contributed by atoms with E-state index < -0.39 is 46.9 Å². The van der Waals surface area contributed by atoms with Crippen LogP contribution in [0.5, 0.6) is 0 Å². The summed E-state index contributed by atoms with van der Waals surface area (Å²) >= 11 is 15.6. The van der Waals surface area contributed by atoms with E-state index in [-0.39, 0.29) is 26.9 Å². The Hall–Kier alpha value is -2.84. The van der Waals surface area contributed by atoms with E-state index in [1.54, 1.807) is 36.4 Å². The van der Waals surface area contributed by atoms with Crippen LogP contribution in [0.1, 0.15) is 32.4 Å². The second-order valence-electron chi connectivity index (χ2n) is 8.65. The van der Waals surface area contributed by atoms with Crippen molar-refractivity contribution in [2.75, 3.05) is 4.90 Å². The zero-order valence-electron chi connectivity index (χ0n) is 17.7. The maximum absolute atomic E-state index is 13.9. The SMILES string of the molecule is O=C1[C@@H]2[C@@H](c3cccc(Br)c3)OC3(C(=O)c4ccccc4C3=O)[C@H]2C(=O)N1c1ccc(Cl)c(Cl)c1. The van der Waals surface area contributed by atoms with Crippen molar-refractivity contribution >= 4 is 68.2 Å². The molecule has 0 unspecified atom stereocenters. The van der Waals surface area contributed by atoms with Crippen LogP contribution in [0.2, 0.25) is 10.0 Å². The molecule has 6 rings (SSSR count). The van der Waals surface area contributed by atoms with Crippen LogP contribution in [0.25, 0.3) is 0 Å². The van der Waals surface area contributed by atoms with Gasteiger partial charge in [0.05, 0.1) is 33.7 Å². The van der Waals surface area contributed by atoms with Gasteiger partial charge in [0.25, 0.3) is 0 Å². The summed E-state index contributed by atoms with van der Waals surface area (Å²) < 4.78 is 6.98. The average Bonchev–Trinajstić information content (AvgIpc) is 3.41. The number of hydrogen-bond acceptors (Lipinski definition) is 5. The lowest BCUT2D eigenvalue weighted by Gasteiger charge is -2.27. The largest absolute Gasteiger partial charge is 0.349 e. The Morgan fingerprint density at radius 2 is 1.49 bits per heavy atom. The van der Waals surface area contributed by atoms with E-state index in [9.17, 15) is 19.2 Å². The van der Waals surface area contributed by atoms with Gasteiger partial charge in [-0.3, -0.25) is 19.2 Å². The molecule has 2 aliphatic heterocycles. The molecule has 2 saturated heterocycles. The standard InChI is InChI=1S/C26H14BrCl2NO5/c27-13-5-3-4-12(10-13)21-19-20(25(34)30(24(19)33)14-8-9-17(28)18(29)11-14)26(35-21)22(31)15-6-1-2-7-16(15)23(26)32/h1-11,19-21H/t19-,20+,21+/m0/s1. The van der Waals surface area contributed by atoms with Crippen LogP contribution in [0.3, 0.4) is 0 Å². The summed E-state index contributed by atoms with van der Waals surface area (Å²) in [6.07, 6.45) is -0.996. The number of amides is 2. The molecule has 0 N–H and O–H groups in total. The molecule has 0 aromatic heterocycles. The topological polar surface area (TPSA) is 80.8 Å². The van der Waals surface area contributed by atoms with Crippen molar-refractivity contribution < 1.29 is 23.9 Å². The number of ether oxygens (including phenoxy) is 1. The first kappa shape index (κ1) is 22.6. The summed E-state index contributed by atoms with van der Waals surface area (Å²) in [6, 6.07) is 17.8. The van der Waals surface area contributed by atoms with Crippen molar-refractivity contribution in [2.24, 2.45) is 11.8 Å². The third kappa shape index (κ3) is 2.99. The summed E-state index contributed by atoms with van der Waals surface area (Å²) in [5.41, 5.74) is -0.986. The summed E-state index contributed by atoms with van der Waals surface area (Å²) in [5.74, 6) is -4.90. The lowest BCUT2D eigenvalue weighted by molar-refractivity contribution is -0.127. The van der Waals surface area contributed by atoms with Crippen LogP contribution in [-0.4, -0.2) is 29.0 Å². The summed E-state index contributed by atoms with van der Waals surface area (Å²) in [4.78, 5) is 56.1. The normalized spacial score (nSPS) is 24.4. The zero-order valence-corrected chi connectivity index (χ0v) is 20.8. The molecule has 3 aliphatic rings. The number of benzene rings is 3. The minimum Gasteiger partial charge on any atom is -0.349 e. The van der Waals surface area contributed by atoms with Crippen molar-refractivity contribution in [1.82, 2.24) is 0 Å². The van der Waals surface area contributed by atoms with E-state index in [0.717, 1.165) is 9.37 Å². The Bertz CT molecular complexity index is 1450. The number of fused-ring (bicyclic) bond motifs is 3. The van der Waals surface area contributed by atoms with Crippen molar-refractivity contribution in [3.05, 3.63) is 97.9 Å². The molecule has 1 spiro atoms. The minimum atomic E-state index is -2.13. The molecule has 0 bridgehead atoms. The molecule has 3 aromatic carbocycles. The Balaban J connectivity index is 1.55. The second-order valence-corrected chi connectivity index (χ2v) is 10.4. The van der Waals surface area contributed by atoms with Crippen LogP contribution in [0.15, 0.2) is 71.2 Å². The highest BCUT2D eigenvalue weighted by Crippen LogP contribution is 2.58. The van der Waals surface area contributed by atoms with Crippen LogP contribution < -0.4 is 4.90 Å². The van der Waals surface area contributed by atoms with Crippen molar-refractivity contribution in [3.8, 4) is 0 Å². The third-order valence-electron chi connectivity index (χ3n) is 6.86. The quantitative estimate of drug-likeness (QED) is 0.302. The van der Waals surface area contributed by atoms with Gasteiger partial charge < -0.3 is 4.74 Å². The number of halogens is 3. The monoisotopic (exact) mass is 569 g/mol. The fourth-order valence-corrected chi connectivity index (χ4v) is 6.09.